The number of hydrogen-bond acceptors (Lipinski definition) is 5. The largest absolute Gasteiger partial charge is 0.507 e. The van der Waals surface area contributed by atoms with Crippen molar-refractivity contribution in [1.82, 2.24) is 10.1 Å². The van der Waals surface area contributed by atoms with Crippen LogP contribution in [-0.4, -0.2) is 21.8 Å². The molecule has 0 spiro atoms. The van der Waals surface area contributed by atoms with E-state index in [9.17, 15) is 18.3 Å². The Morgan fingerprint density at radius 3 is 2.70 bits per heavy atom. The summed E-state index contributed by atoms with van der Waals surface area (Å²) >= 11 is 0. The van der Waals surface area contributed by atoms with Gasteiger partial charge in [-0.1, -0.05) is 5.16 Å². The minimum absolute atomic E-state index is 0.0440. The summed E-state index contributed by atoms with van der Waals surface area (Å²) in [6.45, 7) is 0.454. The van der Waals surface area contributed by atoms with E-state index in [-0.39, 0.29) is 11.4 Å². The average molecular weight is 287 g/mol. The number of benzene rings is 1. The van der Waals surface area contributed by atoms with Crippen LogP contribution in [0.25, 0.3) is 11.4 Å². The molecule has 2 rings (SSSR count). The van der Waals surface area contributed by atoms with Crippen LogP contribution in [0.4, 0.5) is 13.2 Å². The average Bonchev–Trinajstić information content (AvgIpc) is 2.84. The minimum atomic E-state index is -4.65. The zero-order valence-electron chi connectivity index (χ0n) is 10.3. The van der Waals surface area contributed by atoms with Crippen LogP contribution in [0.3, 0.4) is 0 Å². The fraction of sp³-hybridized carbons (Fsp3) is 0.333. The highest BCUT2D eigenvalue weighted by atomic mass is 19.4. The van der Waals surface area contributed by atoms with Crippen molar-refractivity contribution in [3.63, 3.8) is 0 Å². The molecule has 0 aliphatic rings. The van der Waals surface area contributed by atoms with Gasteiger partial charge in [-0.2, -0.15) is 18.2 Å². The number of phenols is 1. The van der Waals surface area contributed by atoms with E-state index in [0.717, 1.165) is 12.1 Å². The molecule has 0 saturated carbocycles. The monoisotopic (exact) mass is 287 g/mol. The molecule has 5 nitrogen and oxygen atoms in total. The first-order valence-electron chi connectivity index (χ1n) is 5.85. The van der Waals surface area contributed by atoms with E-state index in [4.69, 9.17) is 10.3 Å². The van der Waals surface area contributed by atoms with Crippen LogP contribution in [-0.2, 0) is 12.6 Å². The van der Waals surface area contributed by atoms with Crippen LogP contribution in [0.1, 0.15) is 17.9 Å². The number of nitrogens with two attached hydrogens (primary N) is 1. The quantitative estimate of drug-likeness (QED) is 0.901. The van der Waals surface area contributed by atoms with Crippen molar-refractivity contribution in [2.45, 2.75) is 19.0 Å². The molecule has 1 aromatic carbocycles. The SMILES string of the molecule is NCCCc1nc(-c2ccc(O)c(C(F)(F)F)c2)no1. The maximum atomic E-state index is 12.7. The molecule has 1 heterocycles. The Balaban J connectivity index is 2.31. The van der Waals surface area contributed by atoms with Gasteiger partial charge in [0.05, 0.1) is 5.56 Å². The van der Waals surface area contributed by atoms with E-state index >= 15 is 0 Å². The number of alkyl halides is 3. The van der Waals surface area contributed by atoms with Crippen molar-refractivity contribution < 1.29 is 22.8 Å². The smallest absolute Gasteiger partial charge is 0.419 e. The molecule has 0 bridgehead atoms. The van der Waals surface area contributed by atoms with Crippen LogP contribution >= 0.6 is 0 Å². The molecule has 20 heavy (non-hydrogen) atoms. The second kappa shape index (κ2) is 5.49. The van der Waals surface area contributed by atoms with Crippen LogP contribution < -0.4 is 5.73 Å². The highest BCUT2D eigenvalue weighted by Gasteiger charge is 2.34. The van der Waals surface area contributed by atoms with Gasteiger partial charge in [-0.3, -0.25) is 0 Å². The van der Waals surface area contributed by atoms with Crippen molar-refractivity contribution in [2.24, 2.45) is 5.73 Å². The lowest BCUT2D eigenvalue weighted by atomic mass is 10.1. The van der Waals surface area contributed by atoms with Crippen molar-refractivity contribution in [2.75, 3.05) is 6.54 Å². The molecule has 0 unspecified atom stereocenters. The third-order valence-corrected chi connectivity index (χ3v) is 2.62. The molecule has 1 aromatic heterocycles. The molecule has 0 atom stereocenters. The summed E-state index contributed by atoms with van der Waals surface area (Å²) in [7, 11) is 0. The first-order valence-corrected chi connectivity index (χ1v) is 5.85. The normalized spacial score (nSPS) is 11.8. The molecule has 8 heteroatoms. The fourth-order valence-electron chi connectivity index (χ4n) is 1.63. The zero-order valence-corrected chi connectivity index (χ0v) is 10.3. The molecule has 2 aromatic rings. The highest BCUT2D eigenvalue weighted by molar-refractivity contribution is 5.58. The molecular weight excluding hydrogens is 275 g/mol. The Hall–Kier alpha value is -2.09. The highest BCUT2D eigenvalue weighted by Crippen LogP contribution is 2.37. The molecule has 0 fully saturated rings. The predicted octanol–water partition coefficient (Wildman–Crippen LogP) is 2.35. The summed E-state index contributed by atoms with van der Waals surface area (Å²) in [4.78, 5) is 3.99. The molecule has 0 amide bonds. The maximum Gasteiger partial charge on any atom is 0.419 e. The first kappa shape index (κ1) is 14.3. The molecule has 0 radical (unpaired) electrons. The van der Waals surface area contributed by atoms with Crippen molar-refractivity contribution in [3.8, 4) is 17.1 Å². The number of phenolic OH excluding ortho intramolecular Hbond substituents is 1. The summed E-state index contributed by atoms with van der Waals surface area (Å²) in [5, 5.41) is 12.9. The Kier molecular flexibility index (Phi) is 3.93. The van der Waals surface area contributed by atoms with Gasteiger partial charge in [0.25, 0.3) is 0 Å². The van der Waals surface area contributed by atoms with Crippen LogP contribution in [0.15, 0.2) is 22.7 Å². The number of aromatic nitrogens is 2. The summed E-state index contributed by atoms with van der Waals surface area (Å²) in [5.41, 5.74) is 4.32. The summed E-state index contributed by atoms with van der Waals surface area (Å²) in [6.07, 6.45) is -3.54. The lowest BCUT2D eigenvalue weighted by molar-refractivity contribution is -0.138. The summed E-state index contributed by atoms with van der Waals surface area (Å²) in [6, 6.07) is 3.03. The van der Waals surface area contributed by atoms with Crippen LogP contribution in [0, 0.1) is 0 Å². The molecule has 108 valence electrons. The van der Waals surface area contributed by atoms with Gasteiger partial charge < -0.3 is 15.4 Å². The Morgan fingerprint density at radius 2 is 2.05 bits per heavy atom. The van der Waals surface area contributed by atoms with Crippen molar-refractivity contribution in [3.05, 3.63) is 29.7 Å². The van der Waals surface area contributed by atoms with E-state index < -0.39 is 17.5 Å². The second-order valence-corrected chi connectivity index (χ2v) is 4.13. The number of nitrogens with zero attached hydrogens (tertiary/aromatic N) is 2. The third kappa shape index (κ3) is 3.08. The van der Waals surface area contributed by atoms with Gasteiger partial charge in [-0.05, 0) is 31.2 Å². The number of rotatable bonds is 4. The number of aromatic hydroxyl groups is 1. The number of halogens is 3. The van der Waals surface area contributed by atoms with E-state index in [2.05, 4.69) is 10.1 Å². The van der Waals surface area contributed by atoms with Crippen LogP contribution in [0.2, 0.25) is 0 Å². The standard InChI is InChI=1S/C12H12F3N3O2/c13-12(14,15)8-6-7(3-4-9(8)19)11-17-10(20-18-11)2-1-5-16/h3-4,6,19H,1-2,5,16H2. The van der Waals surface area contributed by atoms with Gasteiger partial charge in [-0.25, -0.2) is 0 Å². The summed E-state index contributed by atoms with van der Waals surface area (Å²) in [5.74, 6) is -0.484. The van der Waals surface area contributed by atoms with Gasteiger partial charge >= 0.3 is 6.18 Å². The Labute approximate surface area is 112 Å². The van der Waals surface area contributed by atoms with Gasteiger partial charge in [0, 0.05) is 12.0 Å². The lowest BCUT2D eigenvalue weighted by Crippen LogP contribution is -2.05. The Bertz CT molecular complexity index is 596. The van der Waals surface area contributed by atoms with E-state index in [1.165, 1.54) is 6.07 Å². The van der Waals surface area contributed by atoms with Gasteiger partial charge in [0.2, 0.25) is 11.7 Å². The van der Waals surface area contributed by atoms with E-state index in [0.29, 0.717) is 25.3 Å². The van der Waals surface area contributed by atoms with Gasteiger partial charge in [0.15, 0.2) is 0 Å². The van der Waals surface area contributed by atoms with Gasteiger partial charge in [0.1, 0.15) is 5.75 Å². The first-order chi connectivity index (χ1) is 9.41. The second-order valence-electron chi connectivity index (χ2n) is 4.13. The zero-order chi connectivity index (χ0) is 14.8. The molecular formula is C12H12F3N3O2. The molecule has 0 aliphatic carbocycles. The topological polar surface area (TPSA) is 85.2 Å². The lowest BCUT2D eigenvalue weighted by Gasteiger charge is -2.09. The van der Waals surface area contributed by atoms with Crippen LogP contribution in [0.5, 0.6) is 5.75 Å². The predicted molar refractivity (Wildman–Crippen MR) is 63.8 cm³/mol. The van der Waals surface area contributed by atoms with E-state index in [1.807, 2.05) is 0 Å². The molecule has 3 N–H and O–H groups in total. The van der Waals surface area contributed by atoms with Crippen molar-refractivity contribution >= 4 is 0 Å². The number of hydrogen-bond donors (Lipinski definition) is 2. The fourth-order valence-corrected chi connectivity index (χ4v) is 1.63. The minimum Gasteiger partial charge on any atom is -0.507 e. The maximum absolute atomic E-state index is 12.7. The van der Waals surface area contributed by atoms with Crippen molar-refractivity contribution in [1.29, 1.82) is 0 Å². The van der Waals surface area contributed by atoms with E-state index in [1.54, 1.807) is 0 Å². The Morgan fingerprint density at radius 1 is 1.30 bits per heavy atom. The third-order valence-electron chi connectivity index (χ3n) is 2.62. The summed E-state index contributed by atoms with van der Waals surface area (Å²) < 4.78 is 43.0. The molecule has 0 saturated heterocycles. The van der Waals surface area contributed by atoms with Gasteiger partial charge in [-0.15, -0.1) is 0 Å². The number of aryl methyl sites for hydroxylation is 1. The molecule has 0 aliphatic heterocycles.